The Balaban J connectivity index is 1.69. The zero-order valence-corrected chi connectivity index (χ0v) is 20.6. The van der Waals surface area contributed by atoms with E-state index in [2.05, 4.69) is 10.3 Å². The second kappa shape index (κ2) is 10.8. The van der Waals surface area contributed by atoms with E-state index in [1.165, 1.54) is 26.4 Å². The van der Waals surface area contributed by atoms with Crippen LogP contribution >= 0.6 is 11.8 Å². The highest BCUT2D eigenvalue weighted by Crippen LogP contribution is 2.38. The van der Waals surface area contributed by atoms with Crippen LogP contribution in [0.5, 0.6) is 11.5 Å². The fourth-order valence-electron chi connectivity index (χ4n) is 3.49. The number of Topliss-reactive ketones (excluding diaryl/α,β-unsaturated/α-hetero) is 1. The molecular weight excluding hydrogens is 525 g/mol. The highest BCUT2D eigenvalue weighted by Gasteiger charge is 2.37. The number of ketones is 1. The molecule has 0 atom stereocenters. The quantitative estimate of drug-likeness (QED) is 0.200. The van der Waals surface area contributed by atoms with Crippen LogP contribution in [0.1, 0.15) is 21.6 Å². The number of halogens is 3. The van der Waals surface area contributed by atoms with Crippen molar-refractivity contribution in [2.24, 2.45) is 0 Å². The van der Waals surface area contributed by atoms with Gasteiger partial charge in [-0.15, -0.1) is 0 Å². The van der Waals surface area contributed by atoms with Crippen LogP contribution in [-0.2, 0) is 6.18 Å². The van der Waals surface area contributed by atoms with Gasteiger partial charge in [0.15, 0.2) is 0 Å². The van der Waals surface area contributed by atoms with Crippen LogP contribution in [0, 0.1) is 11.3 Å². The lowest BCUT2D eigenvalue weighted by molar-refractivity contribution is -0.672. The molecule has 13 heteroatoms. The number of alkyl halides is 3. The number of rotatable bonds is 8. The smallest absolute Gasteiger partial charge is 0.438 e. The average molecular weight is 544 g/mol. The van der Waals surface area contributed by atoms with E-state index in [4.69, 9.17) is 14.0 Å². The number of benzene rings is 2. The summed E-state index contributed by atoms with van der Waals surface area (Å²) in [6, 6.07) is 14.8. The summed E-state index contributed by atoms with van der Waals surface area (Å²) < 4.78 is 57.6. The number of aromatic amines is 1. The van der Waals surface area contributed by atoms with E-state index >= 15 is 0 Å². The monoisotopic (exact) mass is 543 g/mol. The SMILES string of the molecule is COc1ccc(-c2cc(C(F)(F)F)c(C#N)c(SCC(=O)c3c(=O)o[nH][n+]3-c3ccc(OC)cc3)n2)cc1. The number of carbonyl (C=O) groups excluding carboxylic acids is 1. The molecule has 1 N–H and O–H groups in total. The van der Waals surface area contributed by atoms with Gasteiger partial charge >= 0.3 is 17.5 Å². The van der Waals surface area contributed by atoms with Gasteiger partial charge in [0.2, 0.25) is 11.5 Å². The molecule has 0 saturated carbocycles. The van der Waals surface area contributed by atoms with Crippen molar-refractivity contribution in [2.75, 3.05) is 20.0 Å². The Morgan fingerprint density at radius 2 is 1.71 bits per heavy atom. The number of thioether (sulfide) groups is 1. The maximum absolute atomic E-state index is 13.9. The van der Waals surface area contributed by atoms with Crippen molar-refractivity contribution in [2.45, 2.75) is 11.2 Å². The molecule has 194 valence electrons. The molecule has 0 spiro atoms. The second-order valence-corrected chi connectivity index (χ2v) is 8.61. The van der Waals surface area contributed by atoms with Gasteiger partial charge in [-0.25, -0.2) is 9.78 Å². The highest BCUT2D eigenvalue weighted by molar-refractivity contribution is 8.00. The Bertz CT molecular complexity index is 1570. The Kier molecular flexibility index (Phi) is 7.54. The second-order valence-electron chi connectivity index (χ2n) is 7.65. The summed E-state index contributed by atoms with van der Waals surface area (Å²) in [5.74, 6) is -0.218. The molecule has 0 unspecified atom stereocenters. The van der Waals surface area contributed by atoms with Gasteiger partial charge in [-0.1, -0.05) is 11.8 Å². The number of carbonyl (C=O) groups is 1. The molecule has 4 rings (SSSR count). The lowest BCUT2D eigenvalue weighted by Crippen LogP contribution is -2.41. The van der Waals surface area contributed by atoms with E-state index in [0.717, 1.165) is 10.7 Å². The van der Waals surface area contributed by atoms with E-state index in [9.17, 15) is 28.0 Å². The lowest BCUT2D eigenvalue weighted by Gasteiger charge is -2.14. The van der Waals surface area contributed by atoms with Crippen LogP contribution in [0.3, 0.4) is 0 Å². The summed E-state index contributed by atoms with van der Waals surface area (Å²) in [6.45, 7) is 0. The summed E-state index contributed by atoms with van der Waals surface area (Å²) in [5.41, 5.74) is -2.60. The molecule has 0 amide bonds. The first-order valence-electron chi connectivity index (χ1n) is 10.8. The van der Waals surface area contributed by atoms with Gasteiger partial charge in [0.05, 0.1) is 36.8 Å². The van der Waals surface area contributed by atoms with Gasteiger partial charge in [-0.2, -0.15) is 18.4 Å². The van der Waals surface area contributed by atoms with Gasteiger partial charge in [0.1, 0.15) is 22.6 Å². The number of H-pyrrole nitrogens is 1. The first-order chi connectivity index (χ1) is 18.2. The predicted octanol–water partition coefficient (Wildman–Crippen LogP) is 4.19. The number of nitriles is 1. The topological polar surface area (TPSA) is 122 Å². The number of hydrogen-bond donors (Lipinski definition) is 1. The van der Waals surface area contributed by atoms with Crippen LogP contribution in [0.25, 0.3) is 16.9 Å². The van der Waals surface area contributed by atoms with E-state index < -0.39 is 34.5 Å². The fourth-order valence-corrected chi connectivity index (χ4v) is 4.36. The molecule has 0 aliphatic rings. The Labute approximate surface area is 217 Å². The summed E-state index contributed by atoms with van der Waals surface area (Å²) in [5, 5.41) is 11.6. The minimum Gasteiger partial charge on any atom is -0.497 e. The third-order valence-electron chi connectivity index (χ3n) is 5.37. The summed E-state index contributed by atoms with van der Waals surface area (Å²) in [7, 11) is 2.93. The normalized spacial score (nSPS) is 11.2. The lowest BCUT2D eigenvalue weighted by atomic mass is 10.1. The number of ether oxygens (including phenoxy) is 2. The minimum atomic E-state index is -4.85. The molecule has 0 aliphatic carbocycles. The number of pyridine rings is 1. The number of aromatic nitrogens is 3. The van der Waals surface area contributed by atoms with Gasteiger partial charge in [-0.3, -0.25) is 9.32 Å². The maximum atomic E-state index is 13.9. The van der Waals surface area contributed by atoms with Gasteiger partial charge in [0, 0.05) is 17.7 Å². The number of methoxy groups -OCH3 is 2. The number of nitrogens with one attached hydrogen (secondary N) is 1. The Morgan fingerprint density at radius 1 is 1.11 bits per heavy atom. The highest BCUT2D eigenvalue weighted by atomic mass is 32.2. The van der Waals surface area contributed by atoms with Gasteiger partial charge in [0.25, 0.3) is 0 Å². The van der Waals surface area contributed by atoms with E-state index in [1.807, 2.05) is 0 Å². The van der Waals surface area contributed by atoms with Crippen molar-refractivity contribution in [3.05, 3.63) is 81.8 Å². The molecular formula is C25H18F3N4O5S+. The van der Waals surface area contributed by atoms with Crippen LogP contribution in [-0.4, -0.2) is 36.0 Å². The maximum Gasteiger partial charge on any atom is 0.438 e. The number of nitrogens with zero attached hydrogens (tertiary/aromatic N) is 3. The van der Waals surface area contributed by atoms with Crippen molar-refractivity contribution in [1.29, 1.82) is 5.26 Å². The van der Waals surface area contributed by atoms with Crippen molar-refractivity contribution in [3.63, 3.8) is 0 Å². The molecule has 0 fully saturated rings. The van der Waals surface area contributed by atoms with E-state index in [1.54, 1.807) is 42.5 Å². The van der Waals surface area contributed by atoms with Crippen molar-refractivity contribution in [3.8, 4) is 34.5 Å². The molecule has 0 aliphatic heterocycles. The fraction of sp³-hybridized carbons (Fsp3) is 0.160. The Hall–Kier alpha value is -4.57. The van der Waals surface area contributed by atoms with Crippen LogP contribution < -0.4 is 19.8 Å². The minimum absolute atomic E-state index is 0.0524. The van der Waals surface area contributed by atoms with Crippen molar-refractivity contribution < 1.29 is 36.6 Å². The van der Waals surface area contributed by atoms with Gasteiger partial charge < -0.3 is 9.47 Å². The molecule has 38 heavy (non-hydrogen) atoms. The van der Waals surface area contributed by atoms with Crippen molar-refractivity contribution >= 4 is 17.5 Å². The van der Waals surface area contributed by atoms with Crippen molar-refractivity contribution in [1.82, 2.24) is 10.3 Å². The summed E-state index contributed by atoms with van der Waals surface area (Å²) in [6.07, 6.45) is -4.85. The zero-order valence-electron chi connectivity index (χ0n) is 19.8. The largest absolute Gasteiger partial charge is 0.497 e. The third kappa shape index (κ3) is 5.40. The van der Waals surface area contributed by atoms with E-state index in [-0.39, 0.29) is 16.4 Å². The predicted molar refractivity (Wildman–Crippen MR) is 128 cm³/mol. The molecule has 2 aromatic carbocycles. The summed E-state index contributed by atoms with van der Waals surface area (Å²) >= 11 is 0.608. The van der Waals surface area contributed by atoms with E-state index in [0.29, 0.717) is 34.5 Å². The first-order valence-corrected chi connectivity index (χ1v) is 11.8. The average Bonchev–Trinajstić information content (AvgIpc) is 3.32. The number of hydrogen-bond acceptors (Lipinski definition) is 8. The molecule has 9 nitrogen and oxygen atoms in total. The van der Waals surface area contributed by atoms with Crippen LogP contribution in [0.4, 0.5) is 13.2 Å². The molecule has 2 heterocycles. The van der Waals surface area contributed by atoms with Crippen LogP contribution in [0.15, 0.2) is 68.9 Å². The molecule has 2 aromatic heterocycles. The summed E-state index contributed by atoms with van der Waals surface area (Å²) in [4.78, 5) is 29.6. The molecule has 0 bridgehead atoms. The van der Waals surface area contributed by atoms with Crippen LogP contribution in [0.2, 0.25) is 0 Å². The molecule has 0 radical (unpaired) electrons. The first kappa shape index (κ1) is 26.5. The Morgan fingerprint density at radius 3 is 2.26 bits per heavy atom. The molecule has 4 aromatic rings. The van der Waals surface area contributed by atoms with Gasteiger partial charge in [-0.05, 0) is 52.4 Å². The zero-order chi connectivity index (χ0) is 27.4. The third-order valence-corrected chi connectivity index (χ3v) is 6.35. The molecule has 0 saturated heterocycles. The standard InChI is InChI=1S/C25H17F3N4O5S/c1-35-16-7-3-14(4-8-16)20-11-19(25(26,27)28)18(12-29)23(30-20)38-13-21(33)22-24(34)37-31-32(22)15-5-9-17(36-2)10-6-15/h3-11H,13H2,1-2H3/p+1.